The Balaban J connectivity index is 1.63. The van der Waals surface area contributed by atoms with Gasteiger partial charge in [-0.3, -0.25) is 4.90 Å². The number of nitriles is 1. The zero-order chi connectivity index (χ0) is 20.1. The van der Waals surface area contributed by atoms with Crippen LogP contribution >= 0.6 is 0 Å². The number of hydrogen-bond donors (Lipinski definition) is 2. The Labute approximate surface area is 165 Å². The summed E-state index contributed by atoms with van der Waals surface area (Å²) in [5.74, 6) is 1.47. The molecule has 0 atom stereocenters. The van der Waals surface area contributed by atoms with E-state index in [2.05, 4.69) is 21.4 Å². The van der Waals surface area contributed by atoms with Crippen LogP contribution in [-0.2, 0) is 0 Å². The number of carbonyl (C=O) groups excluding carboxylic acids is 1. The Morgan fingerprint density at radius 3 is 2.43 bits per heavy atom. The number of rotatable bonds is 5. The highest BCUT2D eigenvalue weighted by molar-refractivity contribution is 5.91. The zero-order valence-corrected chi connectivity index (χ0v) is 16.2. The number of primary amides is 1. The summed E-state index contributed by atoms with van der Waals surface area (Å²) in [4.78, 5) is 24.5. The summed E-state index contributed by atoms with van der Waals surface area (Å²) in [5.41, 5.74) is 6.94. The van der Waals surface area contributed by atoms with Crippen LogP contribution in [0.5, 0.6) is 0 Å². The highest BCUT2D eigenvalue weighted by Crippen LogP contribution is 2.29. The van der Waals surface area contributed by atoms with E-state index in [9.17, 15) is 4.79 Å². The molecule has 0 saturated heterocycles. The molecule has 1 aliphatic carbocycles. The lowest BCUT2D eigenvalue weighted by Gasteiger charge is -2.36. The van der Waals surface area contributed by atoms with Crippen molar-refractivity contribution in [2.75, 3.05) is 29.2 Å². The fraction of sp³-hybridized carbons (Fsp3) is 0.400. The van der Waals surface area contributed by atoms with Crippen molar-refractivity contribution in [1.82, 2.24) is 9.97 Å². The molecule has 28 heavy (non-hydrogen) atoms. The van der Waals surface area contributed by atoms with Gasteiger partial charge in [0.25, 0.3) is 0 Å². The average molecular weight is 379 g/mol. The minimum absolute atomic E-state index is 0.0394. The number of hydrogen-bond acceptors (Lipinski definition) is 6. The summed E-state index contributed by atoms with van der Waals surface area (Å²) in [6.45, 7) is 0. The monoisotopic (exact) mass is 379 g/mol. The smallest absolute Gasteiger partial charge is 0.319 e. The van der Waals surface area contributed by atoms with Gasteiger partial charge in [-0.1, -0.05) is 0 Å². The third-order valence-electron chi connectivity index (χ3n) is 5.01. The molecule has 2 aromatic rings. The van der Waals surface area contributed by atoms with Gasteiger partial charge in [-0.15, -0.1) is 0 Å². The van der Waals surface area contributed by atoms with Gasteiger partial charge in [0, 0.05) is 38.1 Å². The van der Waals surface area contributed by atoms with Crippen molar-refractivity contribution in [3.8, 4) is 6.07 Å². The largest absolute Gasteiger partial charge is 0.363 e. The lowest BCUT2D eigenvalue weighted by molar-refractivity contribution is 0.248. The molecule has 3 rings (SSSR count). The van der Waals surface area contributed by atoms with Crippen LogP contribution in [0.15, 0.2) is 36.5 Å². The molecule has 3 N–H and O–H groups in total. The Morgan fingerprint density at radius 2 is 1.86 bits per heavy atom. The predicted molar refractivity (Wildman–Crippen MR) is 109 cm³/mol. The third kappa shape index (κ3) is 4.49. The van der Waals surface area contributed by atoms with Crippen molar-refractivity contribution in [3.63, 3.8) is 0 Å². The van der Waals surface area contributed by atoms with Gasteiger partial charge in [0.05, 0.1) is 11.6 Å². The van der Waals surface area contributed by atoms with Crippen LogP contribution in [0.4, 0.5) is 22.2 Å². The Morgan fingerprint density at radius 1 is 1.18 bits per heavy atom. The van der Waals surface area contributed by atoms with Crippen LogP contribution in [0.3, 0.4) is 0 Å². The molecule has 1 fully saturated rings. The molecule has 0 radical (unpaired) electrons. The van der Waals surface area contributed by atoms with E-state index < -0.39 is 6.03 Å². The quantitative estimate of drug-likeness (QED) is 0.826. The normalized spacial score (nSPS) is 18.8. The van der Waals surface area contributed by atoms with E-state index in [1.807, 2.05) is 25.1 Å². The summed E-state index contributed by atoms with van der Waals surface area (Å²) in [5, 5.41) is 12.3. The van der Waals surface area contributed by atoms with E-state index in [4.69, 9.17) is 11.0 Å². The van der Waals surface area contributed by atoms with Gasteiger partial charge in [0.15, 0.2) is 0 Å². The third-order valence-corrected chi connectivity index (χ3v) is 5.01. The Bertz CT molecular complexity index is 852. The molecule has 8 heteroatoms. The van der Waals surface area contributed by atoms with Gasteiger partial charge >= 0.3 is 6.03 Å². The Kier molecular flexibility index (Phi) is 5.94. The molecule has 0 aliphatic heterocycles. The number of carbonyl (C=O) groups is 1. The molecule has 1 aromatic carbocycles. The van der Waals surface area contributed by atoms with Crippen molar-refractivity contribution in [2.45, 2.75) is 37.8 Å². The first-order chi connectivity index (χ1) is 13.5. The van der Waals surface area contributed by atoms with Gasteiger partial charge in [0.1, 0.15) is 5.82 Å². The number of nitrogens with one attached hydrogen (secondary N) is 1. The van der Waals surface area contributed by atoms with Gasteiger partial charge in [-0.2, -0.15) is 10.2 Å². The second-order valence-corrected chi connectivity index (χ2v) is 7.15. The second-order valence-electron chi connectivity index (χ2n) is 7.15. The molecule has 2 amide bonds. The minimum atomic E-state index is -0.469. The molecule has 0 spiro atoms. The molecule has 146 valence electrons. The summed E-state index contributed by atoms with van der Waals surface area (Å²) >= 11 is 0. The molecule has 1 heterocycles. The van der Waals surface area contributed by atoms with Crippen molar-refractivity contribution >= 4 is 23.5 Å². The number of nitrogens with two attached hydrogens (primary N) is 1. The summed E-state index contributed by atoms with van der Waals surface area (Å²) in [7, 11) is 3.89. The summed E-state index contributed by atoms with van der Waals surface area (Å²) in [6.07, 6.45) is 5.18. The topological polar surface area (TPSA) is 111 Å². The fourth-order valence-corrected chi connectivity index (χ4v) is 3.54. The van der Waals surface area contributed by atoms with Crippen LogP contribution in [0.25, 0.3) is 0 Å². The summed E-state index contributed by atoms with van der Waals surface area (Å²) < 4.78 is 0. The number of urea groups is 1. The standard InChI is InChI=1S/C20H25N7O/c1-26(2)18-11-12-23-20(25-18)24-15-5-9-17(10-6-15)27(19(22)28)16-7-3-14(13-21)4-8-16/h3-4,7-8,11-12,15,17H,5-6,9-10H2,1-2H3,(H2,22,28)(H,23,24,25)/t15-,17+. The van der Waals surface area contributed by atoms with Gasteiger partial charge in [-0.05, 0) is 56.0 Å². The maximum Gasteiger partial charge on any atom is 0.319 e. The van der Waals surface area contributed by atoms with E-state index in [0.717, 1.165) is 37.2 Å². The fourth-order valence-electron chi connectivity index (χ4n) is 3.54. The second kappa shape index (κ2) is 8.57. The van der Waals surface area contributed by atoms with Crippen LogP contribution in [0, 0.1) is 11.3 Å². The maximum absolute atomic E-state index is 12.1. The molecule has 1 aromatic heterocycles. The summed E-state index contributed by atoms with van der Waals surface area (Å²) in [6, 6.07) is 10.7. The van der Waals surface area contributed by atoms with Crippen LogP contribution in [-0.4, -0.2) is 42.2 Å². The van der Waals surface area contributed by atoms with E-state index in [-0.39, 0.29) is 12.1 Å². The van der Waals surface area contributed by atoms with E-state index in [1.54, 1.807) is 35.4 Å². The molecule has 0 bridgehead atoms. The first-order valence-electron chi connectivity index (χ1n) is 9.33. The van der Waals surface area contributed by atoms with E-state index in [1.165, 1.54) is 0 Å². The van der Waals surface area contributed by atoms with E-state index in [0.29, 0.717) is 11.5 Å². The number of anilines is 3. The number of nitrogens with zero attached hydrogens (tertiary/aromatic N) is 5. The maximum atomic E-state index is 12.1. The van der Waals surface area contributed by atoms with Crippen molar-refractivity contribution in [3.05, 3.63) is 42.1 Å². The van der Waals surface area contributed by atoms with Gasteiger partial charge in [0.2, 0.25) is 5.95 Å². The van der Waals surface area contributed by atoms with Crippen molar-refractivity contribution in [2.24, 2.45) is 5.73 Å². The van der Waals surface area contributed by atoms with Crippen molar-refractivity contribution in [1.29, 1.82) is 5.26 Å². The molecule has 0 unspecified atom stereocenters. The van der Waals surface area contributed by atoms with E-state index >= 15 is 0 Å². The molecule has 1 aliphatic rings. The highest BCUT2D eigenvalue weighted by Gasteiger charge is 2.29. The average Bonchev–Trinajstić information content (AvgIpc) is 2.70. The number of benzene rings is 1. The predicted octanol–water partition coefficient (Wildman–Crippen LogP) is 2.72. The number of amides is 2. The van der Waals surface area contributed by atoms with Gasteiger partial charge in [-0.25, -0.2) is 9.78 Å². The van der Waals surface area contributed by atoms with Crippen molar-refractivity contribution < 1.29 is 4.79 Å². The zero-order valence-electron chi connectivity index (χ0n) is 16.2. The SMILES string of the molecule is CN(C)c1ccnc(N[C@H]2CC[C@@H](N(C(N)=O)c3ccc(C#N)cc3)CC2)n1. The molecular formula is C20H25N7O. The number of aromatic nitrogens is 2. The Hall–Kier alpha value is -3.34. The first-order valence-corrected chi connectivity index (χ1v) is 9.33. The molecule has 1 saturated carbocycles. The highest BCUT2D eigenvalue weighted by atomic mass is 16.2. The minimum Gasteiger partial charge on any atom is -0.363 e. The first kappa shape index (κ1) is 19.4. The van der Waals surface area contributed by atoms with Crippen LogP contribution < -0.4 is 20.9 Å². The lowest BCUT2D eigenvalue weighted by atomic mass is 9.90. The molecule has 8 nitrogen and oxygen atoms in total. The van der Waals surface area contributed by atoms with Gasteiger partial charge < -0.3 is 16.0 Å². The molecular weight excluding hydrogens is 354 g/mol. The van der Waals surface area contributed by atoms with Crippen LogP contribution in [0.1, 0.15) is 31.2 Å². The lowest BCUT2D eigenvalue weighted by Crippen LogP contribution is -2.46. The van der Waals surface area contributed by atoms with Crippen LogP contribution in [0.2, 0.25) is 0 Å².